The smallest absolute Gasteiger partial charge is 0.252 e. The molecule has 2 aromatic heterocycles. The molecular weight excluding hydrogens is 449 g/mol. The van der Waals surface area contributed by atoms with Crippen LogP contribution in [0.1, 0.15) is 27.2 Å². The first kappa shape index (κ1) is 22.3. The summed E-state index contributed by atoms with van der Waals surface area (Å²) >= 11 is 0. The Hall–Kier alpha value is -4.52. The van der Waals surface area contributed by atoms with Crippen LogP contribution >= 0.6 is 0 Å². The number of benzene rings is 2. The Labute approximate surface area is 200 Å². The molecule has 4 aromatic rings. The van der Waals surface area contributed by atoms with Crippen LogP contribution in [-0.4, -0.2) is 42.8 Å². The highest BCUT2D eigenvalue weighted by Crippen LogP contribution is 2.32. The number of rotatable bonds is 4. The fourth-order valence-electron chi connectivity index (χ4n) is 4.57. The molecule has 0 saturated heterocycles. The Balaban J connectivity index is 1.47. The van der Waals surface area contributed by atoms with E-state index in [9.17, 15) is 14.0 Å². The van der Waals surface area contributed by atoms with E-state index < -0.39 is 11.7 Å². The van der Waals surface area contributed by atoms with E-state index in [4.69, 9.17) is 12.3 Å². The molecule has 0 fully saturated rings. The topological polar surface area (TPSA) is 103 Å². The Morgan fingerprint density at radius 3 is 2.74 bits per heavy atom. The number of hydrogen-bond acceptors (Lipinski definition) is 4. The van der Waals surface area contributed by atoms with Gasteiger partial charge in [0.2, 0.25) is 5.91 Å². The molecule has 2 amide bonds. The van der Waals surface area contributed by atoms with Gasteiger partial charge >= 0.3 is 0 Å². The van der Waals surface area contributed by atoms with Gasteiger partial charge in [0.1, 0.15) is 11.5 Å². The molecule has 176 valence electrons. The summed E-state index contributed by atoms with van der Waals surface area (Å²) in [7, 11) is 1.71. The zero-order valence-corrected chi connectivity index (χ0v) is 19.2. The van der Waals surface area contributed by atoms with Gasteiger partial charge in [-0.1, -0.05) is 18.2 Å². The van der Waals surface area contributed by atoms with Crippen molar-refractivity contribution in [3.63, 3.8) is 0 Å². The lowest BCUT2D eigenvalue weighted by atomic mass is 10.0. The molecule has 0 aliphatic carbocycles. The van der Waals surface area contributed by atoms with Gasteiger partial charge in [-0.05, 0) is 30.2 Å². The Kier molecular flexibility index (Phi) is 5.32. The number of nitrogens with two attached hydrogens (primary N) is 1. The summed E-state index contributed by atoms with van der Waals surface area (Å²) < 4.78 is 18.0. The largest absolute Gasteiger partial charge is 0.365 e. The Morgan fingerprint density at radius 2 is 2.03 bits per heavy atom. The summed E-state index contributed by atoms with van der Waals surface area (Å²) in [4.78, 5) is 30.7. The van der Waals surface area contributed by atoms with Crippen LogP contribution in [0.15, 0.2) is 36.5 Å². The second-order valence-corrected chi connectivity index (χ2v) is 8.64. The number of amides is 2. The Bertz CT molecular complexity index is 1560. The number of primary amides is 1. The average molecular weight is 471 g/mol. The van der Waals surface area contributed by atoms with Gasteiger partial charge in [0, 0.05) is 19.2 Å². The summed E-state index contributed by atoms with van der Waals surface area (Å²) in [6.07, 6.45) is 1.62. The number of aromatic nitrogens is 4. The molecule has 0 bridgehead atoms. The van der Waals surface area contributed by atoms with Crippen molar-refractivity contribution in [1.29, 1.82) is 0 Å². The molecule has 35 heavy (non-hydrogen) atoms. The van der Waals surface area contributed by atoms with Gasteiger partial charge in [-0.3, -0.25) is 19.0 Å². The van der Waals surface area contributed by atoms with Crippen LogP contribution in [0.25, 0.3) is 27.0 Å². The fourth-order valence-corrected chi connectivity index (χ4v) is 4.57. The third kappa shape index (κ3) is 3.81. The van der Waals surface area contributed by atoms with E-state index in [2.05, 4.69) is 15.0 Å². The molecular formula is C25H22FN7O2. The second kappa shape index (κ2) is 8.36. The number of halogens is 1. The minimum Gasteiger partial charge on any atom is -0.365 e. The lowest BCUT2D eigenvalue weighted by Gasteiger charge is -2.28. The zero-order chi connectivity index (χ0) is 24.9. The van der Waals surface area contributed by atoms with E-state index in [1.54, 1.807) is 39.5 Å². The normalized spacial score (nSPS) is 13.0. The maximum absolute atomic E-state index is 14.7. The first-order valence-corrected chi connectivity index (χ1v) is 11.0. The van der Waals surface area contributed by atoms with Crippen LogP contribution in [0.4, 0.5) is 10.1 Å². The highest BCUT2D eigenvalue weighted by molar-refractivity contribution is 6.01. The number of fused-ring (bicyclic) bond motifs is 2. The molecule has 1 aliphatic heterocycles. The monoisotopic (exact) mass is 471 g/mol. The summed E-state index contributed by atoms with van der Waals surface area (Å²) in [5.41, 5.74) is 9.91. The molecule has 0 radical (unpaired) electrons. The molecule has 5 rings (SSSR count). The van der Waals surface area contributed by atoms with Gasteiger partial charge < -0.3 is 10.6 Å². The lowest BCUT2D eigenvalue weighted by Crippen LogP contribution is -2.40. The highest BCUT2D eigenvalue weighted by Gasteiger charge is 2.30. The number of aryl methyl sites for hydroxylation is 2. The molecule has 10 heteroatoms. The number of nitrogens with zero attached hydrogens (tertiary/aromatic N) is 6. The van der Waals surface area contributed by atoms with Crippen molar-refractivity contribution in [1.82, 2.24) is 24.5 Å². The molecule has 0 saturated carbocycles. The Morgan fingerprint density at radius 1 is 1.23 bits per heavy atom. The molecule has 2 aromatic carbocycles. The molecule has 0 spiro atoms. The van der Waals surface area contributed by atoms with Gasteiger partial charge in [0.25, 0.3) is 5.91 Å². The highest BCUT2D eigenvalue weighted by atomic mass is 19.1. The summed E-state index contributed by atoms with van der Waals surface area (Å²) in [5.74, 6) is -1.26. The number of hydrogen-bond donors (Lipinski definition) is 1. The van der Waals surface area contributed by atoms with Gasteiger partial charge in [0.15, 0.2) is 5.69 Å². The standard InChI is InChI=1S/C25H22FN7O2/c1-14-8-15(4-5-19(14)28-2)9-22(34)32-6-7-33-21(13-32)23(25(27)35)24(30-33)16-10-18(26)17-12-29-31(3)20(17)11-16/h4-5,8,10-12H,6-7,9,13H2,1,3H3,(H2,27,35). The predicted molar refractivity (Wildman–Crippen MR) is 127 cm³/mol. The zero-order valence-electron chi connectivity index (χ0n) is 19.2. The van der Waals surface area contributed by atoms with Crippen LogP contribution in [-0.2, 0) is 31.4 Å². The van der Waals surface area contributed by atoms with E-state index in [0.717, 1.165) is 11.1 Å². The van der Waals surface area contributed by atoms with Gasteiger partial charge in [0.05, 0.1) is 54.4 Å². The number of carbonyl (C=O) groups is 2. The van der Waals surface area contributed by atoms with Crippen LogP contribution in [0.3, 0.4) is 0 Å². The van der Waals surface area contributed by atoms with Crippen molar-refractivity contribution < 1.29 is 14.0 Å². The van der Waals surface area contributed by atoms with Crippen molar-refractivity contribution >= 4 is 28.4 Å². The predicted octanol–water partition coefficient (Wildman–Crippen LogP) is 3.12. The average Bonchev–Trinajstić information content (AvgIpc) is 3.40. The van der Waals surface area contributed by atoms with Crippen LogP contribution in [0.5, 0.6) is 0 Å². The van der Waals surface area contributed by atoms with Crippen molar-refractivity contribution in [3.8, 4) is 11.3 Å². The maximum atomic E-state index is 14.7. The van der Waals surface area contributed by atoms with Crippen LogP contribution in [0, 0.1) is 19.3 Å². The summed E-state index contributed by atoms with van der Waals surface area (Å²) in [6, 6.07) is 8.39. The molecule has 0 unspecified atom stereocenters. The number of carbonyl (C=O) groups excluding carboxylic acids is 2. The molecule has 0 atom stereocenters. The minimum absolute atomic E-state index is 0.105. The van der Waals surface area contributed by atoms with Crippen LogP contribution < -0.4 is 5.73 Å². The lowest BCUT2D eigenvalue weighted by molar-refractivity contribution is -0.132. The SMILES string of the molecule is [C-]#[N+]c1ccc(CC(=O)N2CCn3nc(-c4cc(F)c5cnn(C)c5c4)c(C(N)=O)c3C2)cc1C. The summed E-state index contributed by atoms with van der Waals surface area (Å²) in [6.45, 7) is 9.98. The third-order valence-corrected chi connectivity index (χ3v) is 6.41. The van der Waals surface area contributed by atoms with Gasteiger partial charge in [-0.15, -0.1) is 0 Å². The molecule has 1 aliphatic rings. The molecule has 2 N–H and O–H groups in total. The van der Waals surface area contributed by atoms with Crippen molar-refractivity contribution in [3.05, 3.63) is 76.1 Å². The summed E-state index contributed by atoms with van der Waals surface area (Å²) in [5, 5.41) is 9.03. The van der Waals surface area contributed by atoms with Gasteiger partial charge in [-0.2, -0.15) is 10.2 Å². The fraction of sp³-hybridized carbons (Fsp3) is 0.240. The maximum Gasteiger partial charge on any atom is 0.252 e. The van der Waals surface area contributed by atoms with Crippen molar-refractivity contribution in [2.45, 2.75) is 26.4 Å². The van der Waals surface area contributed by atoms with E-state index in [-0.39, 0.29) is 30.1 Å². The minimum atomic E-state index is -0.689. The van der Waals surface area contributed by atoms with E-state index >= 15 is 0 Å². The van der Waals surface area contributed by atoms with Crippen LogP contribution in [0.2, 0.25) is 0 Å². The van der Waals surface area contributed by atoms with E-state index in [1.807, 2.05) is 13.0 Å². The third-order valence-electron chi connectivity index (χ3n) is 6.41. The molecule has 3 heterocycles. The van der Waals surface area contributed by atoms with Gasteiger partial charge in [-0.25, -0.2) is 9.24 Å². The first-order valence-electron chi connectivity index (χ1n) is 11.0. The quantitative estimate of drug-likeness (QED) is 0.462. The van der Waals surface area contributed by atoms with Crippen molar-refractivity contribution in [2.75, 3.05) is 6.54 Å². The van der Waals surface area contributed by atoms with Crippen molar-refractivity contribution in [2.24, 2.45) is 12.8 Å². The first-order chi connectivity index (χ1) is 16.8. The second-order valence-electron chi connectivity index (χ2n) is 8.64. The molecule has 9 nitrogen and oxygen atoms in total. The van der Waals surface area contributed by atoms with E-state index in [1.165, 1.54) is 12.3 Å². The van der Waals surface area contributed by atoms with E-state index in [0.29, 0.717) is 40.9 Å².